The van der Waals surface area contributed by atoms with E-state index in [0.717, 1.165) is 9.54 Å². The molecule has 11 nitrogen and oxygen atoms in total. The standard InChI is InChI=1S/C20H22N6O5S/c1-12-2-6-15(7-3-12)32(30,31)26-9-8-16-18(26)21-11-17(23-16)24-25-19(27)13-4-5-14(10-13)22-20(28)29/h2-3,6-9,11,13-14,22H,4-5,10H2,1H3,(H,23,24)(H,25,27)(H,28,29)/t13-,14?/m1/s1. The van der Waals surface area contributed by atoms with Gasteiger partial charge in [-0.3, -0.25) is 15.6 Å². The van der Waals surface area contributed by atoms with Crippen molar-refractivity contribution in [2.75, 3.05) is 5.43 Å². The van der Waals surface area contributed by atoms with Crippen molar-refractivity contribution in [3.05, 3.63) is 48.3 Å². The summed E-state index contributed by atoms with van der Waals surface area (Å²) in [6.07, 6.45) is 3.20. The van der Waals surface area contributed by atoms with E-state index >= 15 is 0 Å². The molecule has 0 bridgehead atoms. The van der Waals surface area contributed by atoms with Crippen LogP contribution in [0.2, 0.25) is 0 Å². The molecular weight excluding hydrogens is 436 g/mol. The first-order valence-electron chi connectivity index (χ1n) is 9.96. The summed E-state index contributed by atoms with van der Waals surface area (Å²) in [6, 6.07) is 7.80. The van der Waals surface area contributed by atoms with Crippen LogP contribution in [0.5, 0.6) is 0 Å². The molecule has 168 valence electrons. The number of hydrogen-bond donors (Lipinski definition) is 4. The topological polar surface area (TPSA) is 155 Å². The number of fused-ring (bicyclic) bond motifs is 1. The molecule has 1 aliphatic carbocycles. The van der Waals surface area contributed by atoms with Crippen molar-refractivity contribution in [3.63, 3.8) is 0 Å². The number of benzene rings is 1. The molecule has 4 N–H and O–H groups in total. The number of aryl methyl sites for hydroxylation is 1. The van der Waals surface area contributed by atoms with Crippen LogP contribution in [0.3, 0.4) is 0 Å². The van der Waals surface area contributed by atoms with E-state index in [0.29, 0.717) is 24.8 Å². The summed E-state index contributed by atoms with van der Waals surface area (Å²) in [6.45, 7) is 1.87. The zero-order valence-corrected chi connectivity index (χ0v) is 18.0. The number of carboxylic acid groups (broad SMARTS) is 1. The van der Waals surface area contributed by atoms with Gasteiger partial charge in [0, 0.05) is 18.2 Å². The highest BCUT2D eigenvalue weighted by Gasteiger charge is 2.30. The first-order valence-corrected chi connectivity index (χ1v) is 11.4. The predicted octanol–water partition coefficient (Wildman–Crippen LogP) is 1.86. The number of carbonyl (C=O) groups is 2. The van der Waals surface area contributed by atoms with E-state index in [1.165, 1.54) is 30.6 Å². The van der Waals surface area contributed by atoms with Crippen molar-refractivity contribution in [2.24, 2.45) is 5.92 Å². The van der Waals surface area contributed by atoms with Crippen molar-refractivity contribution >= 4 is 39.0 Å². The van der Waals surface area contributed by atoms with Crippen LogP contribution in [0.15, 0.2) is 47.6 Å². The third kappa shape index (κ3) is 4.35. The van der Waals surface area contributed by atoms with Crippen LogP contribution >= 0.6 is 0 Å². The van der Waals surface area contributed by atoms with E-state index in [1.54, 1.807) is 12.1 Å². The summed E-state index contributed by atoms with van der Waals surface area (Å²) in [5, 5.41) is 11.2. The molecule has 2 aromatic heterocycles. The van der Waals surface area contributed by atoms with Crippen LogP contribution in [0.4, 0.5) is 10.6 Å². The zero-order chi connectivity index (χ0) is 22.9. The van der Waals surface area contributed by atoms with E-state index in [1.807, 2.05) is 6.92 Å². The van der Waals surface area contributed by atoms with Gasteiger partial charge in [-0.05, 0) is 44.4 Å². The lowest BCUT2D eigenvalue weighted by Crippen LogP contribution is -2.36. The maximum Gasteiger partial charge on any atom is 0.404 e. The van der Waals surface area contributed by atoms with Crippen LogP contribution < -0.4 is 16.2 Å². The minimum Gasteiger partial charge on any atom is -0.465 e. The Morgan fingerprint density at radius 2 is 1.91 bits per heavy atom. The number of nitrogens with one attached hydrogen (secondary N) is 3. The highest BCUT2D eigenvalue weighted by atomic mass is 32.2. The number of anilines is 1. The quantitative estimate of drug-likeness (QED) is 0.408. The van der Waals surface area contributed by atoms with Crippen LogP contribution in [0, 0.1) is 12.8 Å². The fraction of sp³-hybridized carbons (Fsp3) is 0.300. The van der Waals surface area contributed by atoms with Gasteiger partial charge in [-0.15, -0.1) is 0 Å². The molecule has 1 saturated carbocycles. The van der Waals surface area contributed by atoms with Crippen molar-refractivity contribution in [2.45, 2.75) is 37.1 Å². The van der Waals surface area contributed by atoms with Gasteiger partial charge in [0.2, 0.25) is 5.91 Å². The Bertz CT molecular complexity index is 1270. The molecule has 4 rings (SSSR count). The molecule has 1 fully saturated rings. The lowest BCUT2D eigenvalue weighted by Gasteiger charge is -2.13. The number of rotatable bonds is 6. The molecule has 1 aliphatic rings. The number of hydrazine groups is 1. The molecule has 0 spiro atoms. The second kappa shape index (κ2) is 8.46. The van der Waals surface area contributed by atoms with E-state index in [9.17, 15) is 18.0 Å². The Hall–Kier alpha value is -3.67. The lowest BCUT2D eigenvalue weighted by molar-refractivity contribution is -0.124. The predicted molar refractivity (Wildman–Crippen MR) is 115 cm³/mol. The monoisotopic (exact) mass is 458 g/mol. The summed E-state index contributed by atoms with van der Waals surface area (Å²) < 4.78 is 26.9. The Labute approximate surface area is 183 Å². The summed E-state index contributed by atoms with van der Waals surface area (Å²) in [4.78, 5) is 31.7. The van der Waals surface area contributed by atoms with Crippen molar-refractivity contribution < 1.29 is 23.1 Å². The van der Waals surface area contributed by atoms with Crippen molar-refractivity contribution in [1.82, 2.24) is 24.7 Å². The second-order valence-electron chi connectivity index (χ2n) is 7.66. The highest BCUT2D eigenvalue weighted by molar-refractivity contribution is 7.90. The fourth-order valence-electron chi connectivity index (χ4n) is 3.72. The Kier molecular flexibility index (Phi) is 5.70. The van der Waals surface area contributed by atoms with Gasteiger partial charge in [0.25, 0.3) is 10.0 Å². The van der Waals surface area contributed by atoms with Crippen LogP contribution in [-0.2, 0) is 14.8 Å². The summed E-state index contributed by atoms with van der Waals surface area (Å²) in [7, 11) is -3.83. The number of amides is 2. The highest BCUT2D eigenvalue weighted by Crippen LogP contribution is 2.26. The maximum atomic E-state index is 12.9. The average Bonchev–Trinajstić information content (AvgIpc) is 3.39. The molecular formula is C20H22N6O5S. The number of aromatic nitrogens is 3. The molecule has 2 amide bonds. The van der Waals surface area contributed by atoms with Gasteiger partial charge in [-0.1, -0.05) is 17.7 Å². The van der Waals surface area contributed by atoms with Crippen molar-refractivity contribution in [1.29, 1.82) is 0 Å². The molecule has 0 saturated heterocycles. The molecule has 12 heteroatoms. The van der Waals surface area contributed by atoms with E-state index in [2.05, 4.69) is 26.1 Å². The SMILES string of the molecule is Cc1ccc(S(=O)(=O)n2ccc3nc(NNC(=O)[C@@H]4CCC(NC(=O)O)C4)cnc32)cc1. The molecule has 2 atom stereocenters. The van der Waals surface area contributed by atoms with E-state index in [4.69, 9.17) is 5.11 Å². The van der Waals surface area contributed by atoms with Gasteiger partial charge in [-0.2, -0.15) is 0 Å². The average molecular weight is 459 g/mol. The summed E-state index contributed by atoms with van der Waals surface area (Å²) in [5.41, 5.74) is 6.70. The normalized spacial score (nSPS) is 18.4. The fourth-order valence-corrected chi connectivity index (χ4v) is 5.02. The Morgan fingerprint density at radius 1 is 1.16 bits per heavy atom. The molecule has 0 radical (unpaired) electrons. The first-order chi connectivity index (χ1) is 15.2. The summed E-state index contributed by atoms with van der Waals surface area (Å²) >= 11 is 0. The maximum absolute atomic E-state index is 12.9. The van der Waals surface area contributed by atoms with E-state index in [-0.39, 0.29) is 34.2 Å². The third-order valence-electron chi connectivity index (χ3n) is 5.38. The van der Waals surface area contributed by atoms with Gasteiger partial charge >= 0.3 is 6.09 Å². The molecule has 3 aromatic rings. The second-order valence-corrected chi connectivity index (χ2v) is 9.48. The molecule has 1 aromatic carbocycles. The van der Waals surface area contributed by atoms with Gasteiger partial charge < -0.3 is 10.4 Å². The van der Waals surface area contributed by atoms with Crippen LogP contribution in [0.1, 0.15) is 24.8 Å². The molecule has 1 unspecified atom stereocenters. The first kappa shape index (κ1) is 21.6. The molecule has 0 aliphatic heterocycles. The molecule has 32 heavy (non-hydrogen) atoms. The minimum absolute atomic E-state index is 0.143. The lowest BCUT2D eigenvalue weighted by atomic mass is 10.1. The number of carbonyl (C=O) groups excluding carboxylic acids is 1. The van der Waals surface area contributed by atoms with Crippen molar-refractivity contribution in [3.8, 4) is 0 Å². The van der Waals surface area contributed by atoms with Gasteiger partial charge in [0.15, 0.2) is 11.5 Å². The minimum atomic E-state index is -3.83. The largest absolute Gasteiger partial charge is 0.465 e. The van der Waals surface area contributed by atoms with Gasteiger partial charge in [0.05, 0.1) is 11.1 Å². The molecule has 2 heterocycles. The number of nitrogens with zero attached hydrogens (tertiary/aromatic N) is 3. The van der Waals surface area contributed by atoms with E-state index < -0.39 is 16.1 Å². The number of hydrogen-bond acceptors (Lipinski definition) is 7. The van der Waals surface area contributed by atoms with Crippen LogP contribution in [0.25, 0.3) is 11.2 Å². The smallest absolute Gasteiger partial charge is 0.404 e. The zero-order valence-electron chi connectivity index (χ0n) is 17.1. The summed E-state index contributed by atoms with van der Waals surface area (Å²) in [5.74, 6) is -0.354. The Balaban J connectivity index is 1.45. The van der Waals surface area contributed by atoms with Gasteiger partial charge in [0.1, 0.15) is 5.52 Å². The van der Waals surface area contributed by atoms with Crippen LogP contribution in [-0.4, -0.2) is 45.5 Å². The van der Waals surface area contributed by atoms with Gasteiger partial charge in [-0.25, -0.2) is 27.2 Å². The third-order valence-corrected chi connectivity index (χ3v) is 7.06. The Morgan fingerprint density at radius 3 is 2.62 bits per heavy atom.